The first-order valence-corrected chi connectivity index (χ1v) is 4.68. The first kappa shape index (κ1) is 10.2. The van der Waals surface area contributed by atoms with Crippen LogP contribution in [0.3, 0.4) is 0 Å². The Hall–Kier alpha value is -2.37. The number of rotatable bonds is 3. The zero-order valence-corrected chi connectivity index (χ0v) is 8.50. The van der Waals surface area contributed by atoms with Gasteiger partial charge >= 0.3 is 0 Å². The van der Waals surface area contributed by atoms with Crippen LogP contribution in [0.2, 0.25) is 0 Å². The van der Waals surface area contributed by atoms with Gasteiger partial charge in [-0.3, -0.25) is 4.79 Å². The zero-order chi connectivity index (χ0) is 11.5. The highest BCUT2D eigenvalue weighted by atomic mass is 16.1. The molecule has 0 spiro atoms. The molecule has 4 N–H and O–H groups in total. The SMILES string of the molecule is NC(=O)Cn1cncc1-c1cccnc1N. The van der Waals surface area contributed by atoms with Crippen LogP contribution in [-0.4, -0.2) is 20.4 Å². The fraction of sp³-hybridized carbons (Fsp3) is 0.100. The lowest BCUT2D eigenvalue weighted by molar-refractivity contribution is -0.118. The summed E-state index contributed by atoms with van der Waals surface area (Å²) in [4.78, 5) is 18.8. The number of anilines is 1. The van der Waals surface area contributed by atoms with Gasteiger partial charge in [0.05, 0.1) is 18.2 Å². The van der Waals surface area contributed by atoms with E-state index in [1.807, 2.05) is 6.07 Å². The Labute approximate surface area is 91.9 Å². The van der Waals surface area contributed by atoms with Crippen molar-refractivity contribution in [1.29, 1.82) is 0 Å². The molecule has 2 heterocycles. The molecule has 0 saturated carbocycles. The van der Waals surface area contributed by atoms with Crippen molar-refractivity contribution in [3.05, 3.63) is 30.9 Å². The molecule has 0 aliphatic carbocycles. The number of carbonyl (C=O) groups excluding carboxylic acids is 1. The minimum atomic E-state index is -0.429. The highest BCUT2D eigenvalue weighted by Crippen LogP contribution is 2.22. The summed E-state index contributed by atoms with van der Waals surface area (Å²) in [6.45, 7) is 0.0731. The van der Waals surface area contributed by atoms with E-state index in [0.717, 1.165) is 11.3 Å². The van der Waals surface area contributed by atoms with Crippen LogP contribution in [0.5, 0.6) is 0 Å². The van der Waals surface area contributed by atoms with Crippen molar-refractivity contribution in [1.82, 2.24) is 14.5 Å². The average molecular weight is 217 g/mol. The van der Waals surface area contributed by atoms with E-state index in [0.29, 0.717) is 5.82 Å². The van der Waals surface area contributed by atoms with E-state index < -0.39 is 5.91 Å². The van der Waals surface area contributed by atoms with E-state index in [-0.39, 0.29) is 6.54 Å². The summed E-state index contributed by atoms with van der Waals surface area (Å²) in [5.74, 6) is -0.0320. The third-order valence-corrected chi connectivity index (χ3v) is 2.15. The van der Waals surface area contributed by atoms with Crippen LogP contribution in [0.25, 0.3) is 11.3 Å². The molecule has 0 radical (unpaired) electrons. The summed E-state index contributed by atoms with van der Waals surface area (Å²) in [5.41, 5.74) is 12.3. The standard InChI is InChI=1S/C10H11N5O/c11-9(16)5-15-6-13-4-8(15)7-2-1-3-14-10(7)12/h1-4,6H,5H2,(H2,11,16)(H2,12,14). The number of nitrogens with two attached hydrogens (primary N) is 2. The van der Waals surface area contributed by atoms with Crippen molar-refractivity contribution in [2.24, 2.45) is 5.73 Å². The van der Waals surface area contributed by atoms with Gasteiger partial charge in [0, 0.05) is 11.8 Å². The van der Waals surface area contributed by atoms with Crippen molar-refractivity contribution < 1.29 is 4.79 Å². The Morgan fingerprint density at radius 2 is 2.31 bits per heavy atom. The van der Waals surface area contributed by atoms with Crippen molar-refractivity contribution >= 4 is 11.7 Å². The van der Waals surface area contributed by atoms with E-state index in [1.165, 1.54) is 6.33 Å². The summed E-state index contributed by atoms with van der Waals surface area (Å²) >= 11 is 0. The third-order valence-electron chi connectivity index (χ3n) is 2.15. The maximum atomic E-state index is 10.9. The summed E-state index contributed by atoms with van der Waals surface area (Å²) in [7, 11) is 0. The molecule has 0 aromatic carbocycles. The zero-order valence-electron chi connectivity index (χ0n) is 8.50. The number of primary amides is 1. The molecule has 0 aliphatic rings. The molecule has 0 atom stereocenters. The van der Waals surface area contributed by atoms with Gasteiger partial charge < -0.3 is 16.0 Å². The van der Waals surface area contributed by atoms with Crippen LogP contribution in [-0.2, 0) is 11.3 Å². The van der Waals surface area contributed by atoms with Gasteiger partial charge in [-0.1, -0.05) is 0 Å². The lowest BCUT2D eigenvalue weighted by Gasteiger charge is -2.07. The molecular formula is C10H11N5O. The minimum Gasteiger partial charge on any atom is -0.383 e. The van der Waals surface area contributed by atoms with Crippen LogP contribution >= 0.6 is 0 Å². The number of hydrogen-bond donors (Lipinski definition) is 2. The molecule has 0 fully saturated rings. The van der Waals surface area contributed by atoms with E-state index in [2.05, 4.69) is 9.97 Å². The van der Waals surface area contributed by atoms with Crippen LogP contribution < -0.4 is 11.5 Å². The van der Waals surface area contributed by atoms with Gasteiger partial charge in [0.15, 0.2) is 0 Å². The van der Waals surface area contributed by atoms with Crippen molar-refractivity contribution in [3.8, 4) is 11.3 Å². The van der Waals surface area contributed by atoms with Gasteiger partial charge in [-0.15, -0.1) is 0 Å². The Morgan fingerprint density at radius 3 is 3.00 bits per heavy atom. The second-order valence-corrected chi connectivity index (χ2v) is 3.31. The van der Waals surface area contributed by atoms with Gasteiger partial charge in [-0.05, 0) is 12.1 Å². The molecule has 0 saturated heterocycles. The molecule has 0 bridgehead atoms. The molecule has 6 nitrogen and oxygen atoms in total. The molecule has 0 unspecified atom stereocenters. The number of pyridine rings is 1. The molecule has 16 heavy (non-hydrogen) atoms. The highest BCUT2D eigenvalue weighted by Gasteiger charge is 2.09. The van der Waals surface area contributed by atoms with Gasteiger partial charge in [-0.25, -0.2) is 9.97 Å². The largest absolute Gasteiger partial charge is 0.383 e. The van der Waals surface area contributed by atoms with E-state index in [1.54, 1.807) is 23.0 Å². The van der Waals surface area contributed by atoms with Crippen molar-refractivity contribution in [2.75, 3.05) is 5.73 Å². The fourth-order valence-corrected chi connectivity index (χ4v) is 1.47. The molecule has 2 rings (SSSR count). The van der Waals surface area contributed by atoms with Gasteiger partial charge in [0.2, 0.25) is 5.91 Å². The Balaban J connectivity index is 2.45. The van der Waals surface area contributed by atoms with E-state index in [4.69, 9.17) is 11.5 Å². The lowest BCUT2D eigenvalue weighted by atomic mass is 10.2. The maximum Gasteiger partial charge on any atom is 0.237 e. The summed E-state index contributed by atoms with van der Waals surface area (Å²) < 4.78 is 1.63. The van der Waals surface area contributed by atoms with Crippen LogP contribution in [0.15, 0.2) is 30.9 Å². The molecule has 82 valence electrons. The maximum absolute atomic E-state index is 10.9. The van der Waals surface area contributed by atoms with Gasteiger partial charge in [-0.2, -0.15) is 0 Å². The minimum absolute atomic E-state index is 0.0731. The number of aromatic nitrogens is 3. The third kappa shape index (κ3) is 1.85. The van der Waals surface area contributed by atoms with Gasteiger partial charge in [0.1, 0.15) is 12.4 Å². The molecule has 1 amide bonds. The van der Waals surface area contributed by atoms with E-state index in [9.17, 15) is 4.79 Å². The smallest absolute Gasteiger partial charge is 0.237 e. The van der Waals surface area contributed by atoms with E-state index >= 15 is 0 Å². The highest BCUT2D eigenvalue weighted by molar-refractivity contribution is 5.76. The number of carbonyl (C=O) groups is 1. The number of nitrogen functional groups attached to an aromatic ring is 1. The molecule has 0 aliphatic heterocycles. The molecule has 2 aromatic heterocycles. The molecule has 6 heteroatoms. The Kier molecular flexibility index (Phi) is 2.55. The quantitative estimate of drug-likeness (QED) is 0.756. The molecule has 2 aromatic rings. The Bertz CT molecular complexity index is 519. The van der Waals surface area contributed by atoms with Crippen LogP contribution in [0.1, 0.15) is 0 Å². The number of amides is 1. The molecular weight excluding hydrogens is 206 g/mol. The first-order valence-electron chi connectivity index (χ1n) is 4.68. The summed E-state index contributed by atoms with van der Waals surface area (Å²) in [6.07, 6.45) is 4.76. The van der Waals surface area contributed by atoms with Crippen LogP contribution in [0.4, 0.5) is 5.82 Å². The van der Waals surface area contributed by atoms with Crippen LogP contribution in [0, 0.1) is 0 Å². The normalized spacial score (nSPS) is 10.2. The Morgan fingerprint density at radius 1 is 1.50 bits per heavy atom. The fourth-order valence-electron chi connectivity index (χ4n) is 1.47. The average Bonchev–Trinajstić information content (AvgIpc) is 2.66. The monoisotopic (exact) mass is 217 g/mol. The first-order chi connectivity index (χ1) is 7.68. The summed E-state index contributed by atoms with van der Waals surface area (Å²) in [5, 5.41) is 0. The predicted octanol–water partition coefficient (Wildman–Crippen LogP) is 0.0126. The lowest BCUT2D eigenvalue weighted by Crippen LogP contribution is -2.18. The number of hydrogen-bond acceptors (Lipinski definition) is 4. The summed E-state index contributed by atoms with van der Waals surface area (Å²) in [6, 6.07) is 3.59. The van der Waals surface area contributed by atoms with Gasteiger partial charge in [0.25, 0.3) is 0 Å². The number of imidazole rings is 1. The van der Waals surface area contributed by atoms with Crippen molar-refractivity contribution in [2.45, 2.75) is 6.54 Å². The second-order valence-electron chi connectivity index (χ2n) is 3.31. The topological polar surface area (TPSA) is 99.8 Å². The number of nitrogens with zero attached hydrogens (tertiary/aromatic N) is 3. The second kappa shape index (κ2) is 4.01. The predicted molar refractivity (Wildman–Crippen MR) is 59.1 cm³/mol. The van der Waals surface area contributed by atoms with Crippen molar-refractivity contribution in [3.63, 3.8) is 0 Å².